The van der Waals surface area contributed by atoms with Gasteiger partial charge in [-0.05, 0) is 44.5 Å². The molecule has 4 heteroatoms. The van der Waals surface area contributed by atoms with E-state index in [9.17, 15) is 4.79 Å². The number of aliphatic hydroxyl groups is 1. The predicted octanol–water partition coefficient (Wildman–Crippen LogP) is 3.57. The van der Waals surface area contributed by atoms with E-state index in [2.05, 4.69) is 11.9 Å². The van der Waals surface area contributed by atoms with Crippen LogP contribution in [0.1, 0.15) is 39.2 Å². The summed E-state index contributed by atoms with van der Waals surface area (Å²) in [6.07, 6.45) is 2.38. The molecule has 1 fully saturated rings. The molecule has 1 saturated heterocycles. The summed E-state index contributed by atoms with van der Waals surface area (Å²) in [5.41, 5.74) is 1.02. The Morgan fingerprint density at radius 3 is 2.10 bits per heavy atom. The number of aliphatic hydroxyl groups excluding tert-OH is 1. The number of ketones is 1. The minimum atomic E-state index is -0.0220. The molecule has 0 amide bonds. The zero-order valence-corrected chi connectivity index (χ0v) is 14.4. The van der Waals surface area contributed by atoms with Gasteiger partial charge in [0.15, 0.2) is 0 Å². The number of hydrogen-bond donors (Lipinski definition) is 1. The lowest BCUT2D eigenvalue weighted by atomic mass is 10.1. The van der Waals surface area contributed by atoms with Gasteiger partial charge in [-0.25, -0.2) is 0 Å². The number of nitrogens with zero attached hydrogens (tertiary/aromatic N) is 1. The van der Waals surface area contributed by atoms with Crippen molar-refractivity contribution in [1.29, 1.82) is 0 Å². The van der Waals surface area contributed by atoms with Gasteiger partial charge in [0.1, 0.15) is 5.78 Å². The van der Waals surface area contributed by atoms with Crippen LogP contribution in [-0.4, -0.2) is 42.0 Å². The molecule has 1 N–H and O–H groups in total. The van der Waals surface area contributed by atoms with E-state index in [-0.39, 0.29) is 11.9 Å². The van der Waals surface area contributed by atoms with Crippen molar-refractivity contribution in [3.8, 4) is 0 Å². The topological polar surface area (TPSA) is 40.5 Å². The predicted molar refractivity (Wildman–Crippen MR) is 89.9 cm³/mol. The third-order valence-electron chi connectivity index (χ3n) is 3.05. The number of halogens is 1. The summed E-state index contributed by atoms with van der Waals surface area (Å²) in [5, 5.41) is 9.71. The highest BCUT2D eigenvalue weighted by atomic mass is 35.5. The maximum Gasteiger partial charge on any atom is 0.134 e. The number of carbonyl (C=O) groups is 1. The van der Waals surface area contributed by atoms with E-state index >= 15 is 0 Å². The summed E-state index contributed by atoms with van der Waals surface area (Å²) in [6, 6.07) is 7.31. The number of rotatable bonds is 2. The van der Waals surface area contributed by atoms with Crippen molar-refractivity contribution < 1.29 is 9.90 Å². The van der Waals surface area contributed by atoms with Gasteiger partial charge >= 0.3 is 0 Å². The second kappa shape index (κ2) is 11.7. The fraction of sp³-hybridized carbons (Fsp3) is 0.588. The minimum absolute atomic E-state index is 0.0220. The Morgan fingerprint density at radius 2 is 1.71 bits per heavy atom. The van der Waals surface area contributed by atoms with E-state index < -0.39 is 0 Å². The summed E-state index contributed by atoms with van der Waals surface area (Å²) in [4.78, 5) is 12.9. The summed E-state index contributed by atoms with van der Waals surface area (Å²) in [6.45, 7) is 7.69. The molecule has 0 aliphatic carbocycles. The van der Waals surface area contributed by atoms with Gasteiger partial charge in [0.05, 0.1) is 6.10 Å². The van der Waals surface area contributed by atoms with Crippen molar-refractivity contribution in [3.63, 3.8) is 0 Å². The molecule has 0 saturated carbocycles. The number of carbonyl (C=O) groups excluding carboxylic acids is 1. The number of Topliss-reactive ketones (excluding diaryl/α,β-unsaturated/α-hetero) is 1. The highest BCUT2D eigenvalue weighted by molar-refractivity contribution is 6.30. The van der Waals surface area contributed by atoms with Crippen LogP contribution in [0.5, 0.6) is 0 Å². The highest BCUT2D eigenvalue weighted by Gasteiger charge is 2.12. The summed E-state index contributed by atoms with van der Waals surface area (Å²) >= 11 is 5.66. The Balaban J connectivity index is 0.000000354. The van der Waals surface area contributed by atoms with E-state index in [4.69, 9.17) is 16.7 Å². The second-order valence-electron chi connectivity index (χ2n) is 5.04. The lowest BCUT2D eigenvalue weighted by molar-refractivity contribution is -0.116. The lowest BCUT2D eigenvalue weighted by Gasteiger charge is -2.25. The maximum absolute atomic E-state index is 10.7. The molecule has 0 bridgehead atoms. The Morgan fingerprint density at radius 1 is 1.24 bits per heavy atom. The molecule has 21 heavy (non-hydrogen) atoms. The Kier molecular flexibility index (Phi) is 11.2. The number of benzene rings is 1. The average Bonchev–Trinajstić information content (AvgIpc) is 2.47. The van der Waals surface area contributed by atoms with Gasteiger partial charge in [-0.15, -0.1) is 0 Å². The van der Waals surface area contributed by atoms with E-state index in [1.807, 2.05) is 26.0 Å². The molecule has 0 atom stereocenters. The molecular formula is C17H28ClNO2. The number of piperidine rings is 1. The number of likely N-dealkylation sites (tertiary alicyclic amines) is 1. The van der Waals surface area contributed by atoms with Crippen LogP contribution in [0.4, 0.5) is 0 Å². The fourth-order valence-corrected chi connectivity index (χ4v) is 2.01. The number of hydrogen-bond acceptors (Lipinski definition) is 3. The molecule has 1 aromatic carbocycles. The Bertz CT molecular complexity index is 374. The monoisotopic (exact) mass is 313 g/mol. The SMILES string of the molecule is CC.CC(=O)Cc1ccc(Cl)cc1.CN1CCC(O)CC1. The van der Waals surface area contributed by atoms with E-state index in [1.165, 1.54) is 0 Å². The Hall–Kier alpha value is -0.900. The van der Waals surface area contributed by atoms with E-state index in [0.29, 0.717) is 11.4 Å². The van der Waals surface area contributed by atoms with Gasteiger partial charge in [0.25, 0.3) is 0 Å². The molecule has 1 aliphatic heterocycles. The van der Waals surface area contributed by atoms with Crippen molar-refractivity contribution in [2.45, 2.75) is 46.1 Å². The normalized spacial score (nSPS) is 15.3. The second-order valence-corrected chi connectivity index (χ2v) is 5.48. The molecule has 120 valence electrons. The molecule has 0 radical (unpaired) electrons. The smallest absolute Gasteiger partial charge is 0.134 e. The summed E-state index contributed by atoms with van der Waals surface area (Å²) in [5.74, 6) is 0.173. The molecule has 1 heterocycles. The zero-order chi connectivity index (χ0) is 16.3. The molecule has 0 unspecified atom stereocenters. The van der Waals surface area contributed by atoms with Crippen molar-refractivity contribution in [2.75, 3.05) is 20.1 Å². The van der Waals surface area contributed by atoms with E-state index in [1.54, 1.807) is 19.1 Å². The van der Waals surface area contributed by atoms with Crippen molar-refractivity contribution >= 4 is 17.4 Å². The third kappa shape index (κ3) is 10.5. The average molecular weight is 314 g/mol. The molecule has 2 rings (SSSR count). The first-order valence-electron chi connectivity index (χ1n) is 7.58. The highest BCUT2D eigenvalue weighted by Crippen LogP contribution is 2.09. The van der Waals surface area contributed by atoms with Gasteiger partial charge in [-0.3, -0.25) is 4.79 Å². The lowest BCUT2D eigenvalue weighted by Crippen LogP contribution is -2.32. The minimum Gasteiger partial charge on any atom is -0.393 e. The molecule has 0 spiro atoms. The molecular weight excluding hydrogens is 286 g/mol. The van der Waals surface area contributed by atoms with Gasteiger partial charge in [0.2, 0.25) is 0 Å². The van der Waals surface area contributed by atoms with Gasteiger partial charge in [0, 0.05) is 24.5 Å². The maximum atomic E-state index is 10.7. The standard InChI is InChI=1S/C9H9ClO.C6H13NO.C2H6/c1-7(11)6-8-2-4-9(10)5-3-8;1-7-4-2-6(8)3-5-7;1-2/h2-5H,6H2,1H3;6,8H,2-5H2,1H3;1-2H3. The quantitative estimate of drug-likeness (QED) is 0.907. The summed E-state index contributed by atoms with van der Waals surface area (Å²) < 4.78 is 0. The van der Waals surface area contributed by atoms with Gasteiger partial charge in [-0.2, -0.15) is 0 Å². The largest absolute Gasteiger partial charge is 0.393 e. The van der Waals surface area contributed by atoms with Crippen LogP contribution in [0.3, 0.4) is 0 Å². The van der Waals surface area contributed by atoms with Gasteiger partial charge in [-0.1, -0.05) is 37.6 Å². The summed E-state index contributed by atoms with van der Waals surface area (Å²) in [7, 11) is 2.09. The van der Waals surface area contributed by atoms with Crippen LogP contribution in [0.2, 0.25) is 5.02 Å². The van der Waals surface area contributed by atoms with Crippen LogP contribution in [0.25, 0.3) is 0 Å². The Labute approximate surface area is 133 Å². The molecule has 3 nitrogen and oxygen atoms in total. The van der Waals surface area contributed by atoms with Crippen molar-refractivity contribution in [2.24, 2.45) is 0 Å². The third-order valence-corrected chi connectivity index (χ3v) is 3.31. The fourth-order valence-electron chi connectivity index (χ4n) is 1.88. The van der Waals surface area contributed by atoms with Crippen LogP contribution < -0.4 is 0 Å². The van der Waals surface area contributed by atoms with E-state index in [0.717, 1.165) is 31.5 Å². The van der Waals surface area contributed by atoms with Crippen LogP contribution in [0, 0.1) is 0 Å². The molecule has 1 aromatic rings. The molecule has 0 aromatic heterocycles. The van der Waals surface area contributed by atoms with Crippen LogP contribution in [0.15, 0.2) is 24.3 Å². The van der Waals surface area contributed by atoms with Crippen molar-refractivity contribution in [1.82, 2.24) is 4.90 Å². The first kappa shape index (κ1) is 20.1. The van der Waals surface area contributed by atoms with Crippen molar-refractivity contribution in [3.05, 3.63) is 34.9 Å². The first-order chi connectivity index (χ1) is 9.97. The molecule has 1 aliphatic rings. The van der Waals surface area contributed by atoms with Crippen LogP contribution in [-0.2, 0) is 11.2 Å². The first-order valence-corrected chi connectivity index (χ1v) is 7.95. The van der Waals surface area contributed by atoms with Crippen LogP contribution >= 0.6 is 11.6 Å². The van der Waals surface area contributed by atoms with Gasteiger partial charge < -0.3 is 10.0 Å². The zero-order valence-electron chi connectivity index (χ0n) is 13.6.